The van der Waals surface area contributed by atoms with Crippen molar-refractivity contribution in [2.75, 3.05) is 5.32 Å². The molecule has 0 radical (unpaired) electrons. The zero-order valence-corrected chi connectivity index (χ0v) is 16.2. The first-order valence-corrected chi connectivity index (χ1v) is 10.4. The van der Waals surface area contributed by atoms with Crippen LogP contribution in [0.25, 0.3) is 22.2 Å². The summed E-state index contributed by atoms with van der Waals surface area (Å²) in [5.74, 6) is 1.22. The maximum atomic E-state index is 12.3. The fourth-order valence-electron chi connectivity index (χ4n) is 4.24. The summed E-state index contributed by atoms with van der Waals surface area (Å²) in [5.41, 5.74) is 2.51. The van der Waals surface area contributed by atoms with Crippen LogP contribution in [-0.4, -0.2) is 32.9 Å². The highest BCUT2D eigenvalue weighted by Crippen LogP contribution is 2.31. The lowest BCUT2D eigenvalue weighted by Crippen LogP contribution is -2.40. The topological polar surface area (TPSA) is 103 Å². The number of aromatic nitrogens is 3. The second kappa shape index (κ2) is 7.39. The van der Waals surface area contributed by atoms with Gasteiger partial charge >= 0.3 is 0 Å². The molecule has 0 spiro atoms. The van der Waals surface area contributed by atoms with Gasteiger partial charge in [-0.2, -0.15) is 0 Å². The summed E-state index contributed by atoms with van der Waals surface area (Å²) in [6.07, 6.45) is 9.60. The van der Waals surface area contributed by atoms with Crippen molar-refractivity contribution >= 4 is 22.8 Å². The Morgan fingerprint density at radius 2 is 1.86 bits per heavy atom. The summed E-state index contributed by atoms with van der Waals surface area (Å²) in [5, 5.41) is 7.67. The van der Waals surface area contributed by atoms with E-state index in [0.717, 1.165) is 66.5 Å². The molecule has 0 atom stereocenters. The third kappa shape index (κ3) is 3.90. The van der Waals surface area contributed by atoms with Gasteiger partial charge in [-0.25, -0.2) is 4.98 Å². The fourth-order valence-corrected chi connectivity index (χ4v) is 4.24. The van der Waals surface area contributed by atoms with Crippen LogP contribution >= 0.6 is 0 Å². The molecule has 29 heavy (non-hydrogen) atoms. The number of hydrogen-bond acceptors (Lipinski definition) is 4. The van der Waals surface area contributed by atoms with Crippen LogP contribution in [0.15, 0.2) is 41.5 Å². The molecule has 7 heteroatoms. The number of rotatable bonds is 5. The summed E-state index contributed by atoms with van der Waals surface area (Å²) in [4.78, 5) is 34.6. The average Bonchev–Trinajstić information content (AvgIpc) is 3.48. The number of H-pyrrole nitrogens is 2. The number of hydrogen-bond donors (Lipinski definition) is 4. The van der Waals surface area contributed by atoms with Crippen LogP contribution in [-0.2, 0) is 4.79 Å². The van der Waals surface area contributed by atoms with Crippen LogP contribution in [0.3, 0.4) is 0 Å². The van der Waals surface area contributed by atoms with Crippen LogP contribution in [0.5, 0.6) is 0 Å². The Balaban J connectivity index is 1.27. The quantitative estimate of drug-likeness (QED) is 0.536. The summed E-state index contributed by atoms with van der Waals surface area (Å²) in [7, 11) is 0. The molecule has 0 bridgehead atoms. The molecule has 1 amide bonds. The van der Waals surface area contributed by atoms with Gasteiger partial charge in [0.05, 0.1) is 0 Å². The van der Waals surface area contributed by atoms with E-state index in [4.69, 9.17) is 0 Å². The Hall–Kier alpha value is -3.09. The molecule has 0 saturated heterocycles. The third-order valence-electron chi connectivity index (χ3n) is 5.99. The number of nitrogens with one attached hydrogen (secondary N) is 4. The Labute approximate surface area is 168 Å². The van der Waals surface area contributed by atoms with Gasteiger partial charge in [-0.1, -0.05) is 0 Å². The van der Waals surface area contributed by atoms with E-state index >= 15 is 0 Å². The van der Waals surface area contributed by atoms with E-state index < -0.39 is 0 Å². The van der Waals surface area contributed by atoms with E-state index in [1.807, 2.05) is 24.4 Å². The highest BCUT2D eigenvalue weighted by Gasteiger charge is 2.32. The van der Waals surface area contributed by atoms with Gasteiger partial charge in [0.2, 0.25) is 11.5 Å². The Morgan fingerprint density at radius 3 is 2.66 bits per heavy atom. The van der Waals surface area contributed by atoms with E-state index in [9.17, 15) is 9.59 Å². The van der Waals surface area contributed by atoms with Crippen molar-refractivity contribution in [3.63, 3.8) is 0 Å². The molecule has 2 aliphatic rings. The first-order valence-electron chi connectivity index (χ1n) is 10.4. The first kappa shape index (κ1) is 18.0. The molecule has 0 aliphatic heterocycles. The van der Waals surface area contributed by atoms with Gasteiger partial charge < -0.3 is 20.6 Å². The van der Waals surface area contributed by atoms with Crippen LogP contribution in [0, 0.1) is 5.92 Å². The van der Waals surface area contributed by atoms with Crippen LogP contribution < -0.4 is 16.2 Å². The first-order chi connectivity index (χ1) is 14.2. The Kier molecular flexibility index (Phi) is 4.58. The maximum absolute atomic E-state index is 12.3. The number of carbonyl (C=O) groups is 1. The lowest BCUT2D eigenvalue weighted by Gasteiger charge is -2.30. The van der Waals surface area contributed by atoms with Gasteiger partial charge in [-0.15, -0.1) is 0 Å². The Bertz CT molecular complexity index is 1090. The minimum atomic E-state index is -0.131. The zero-order chi connectivity index (χ0) is 19.8. The van der Waals surface area contributed by atoms with Crippen LogP contribution in [0.1, 0.15) is 38.5 Å². The molecule has 0 aromatic carbocycles. The Morgan fingerprint density at radius 1 is 1.07 bits per heavy atom. The fraction of sp³-hybridized carbons (Fsp3) is 0.409. The molecule has 3 heterocycles. The molecular weight excluding hydrogens is 366 g/mol. The number of amides is 1. The van der Waals surface area contributed by atoms with Gasteiger partial charge in [-0.05, 0) is 62.3 Å². The standard InChI is InChI=1S/C22H25N5O2/c28-20-11-14(18-12-24-21-17(18)2-1-9-23-21)10-19(27-20)25-15-5-7-16(8-6-15)26-22(29)13-3-4-13/h1-2,9-13,15-16H,3-8H2,(H,23,24)(H,26,29)(H2,25,27,28). The second-order valence-corrected chi connectivity index (χ2v) is 8.22. The van der Waals surface area contributed by atoms with Gasteiger partial charge in [0.1, 0.15) is 11.5 Å². The van der Waals surface area contributed by atoms with Gasteiger partial charge in [0.15, 0.2) is 0 Å². The second-order valence-electron chi connectivity index (χ2n) is 8.22. The van der Waals surface area contributed by atoms with E-state index in [1.165, 1.54) is 0 Å². The normalized spacial score (nSPS) is 21.8. The molecule has 150 valence electrons. The highest BCUT2D eigenvalue weighted by molar-refractivity contribution is 5.93. The van der Waals surface area contributed by atoms with Crippen molar-refractivity contribution in [3.05, 3.63) is 47.0 Å². The minimum absolute atomic E-state index is 0.131. The molecule has 7 nitrogen and oxygen atoms in total. The highest BCUT2D eigenvalue weighted by atomic mass is 16.2. The molecule has 3 aromatic rings. The van der Waals surface area contributed by atoms with Crippen LogP contribution in [0.4, 0.5) is 5.82 Å². The largest absolute Gasteiger partial charge is 0.369 e. The molecule has 5 rings (SSSR count). The van der Waals surface area contributed by atoms with Crippen LogP contribution in [0.2, 0.25) is 0 Å². The van der Waals surface area contributed by atoms with E-state index in [2.05, 4.69) is 25.6 Å². The van der Waals surface area contributed by atoms with Crippen molar-refractivity contribution in [1.29, 1.82) is 0 Å². The minimum Gasteiger partial charge on any atom is -0.369 e. The maximum Gasteiger partial charge on any atom is 0.250 e. The van der Waals surface area contributed by atoms with E-state index in [-0.39, 0.29) is 23.4 Å². The number of carbonyl (C=O) groups excluding carboxylic acids is 1. The average molecular weight is 391 g/mol. The van der Waals surface area contributed by atoms with Gasteiger partial charge in [-0.3, -0.25) is 9.59 Å². The number of pyridine rings is 2. The molecule has 3 aromatic heterocycles. The van der Waals surface area contributed by atoms with Gasteiger partial charge in [0.25, 0.3) is 0 Å². The smallest absolute Gasteiger partial charge is 0.250 e. The molecule has 0 unspecified atom stereocenters. The number of fused-ring (bicyclic) bond motifs is 1. The summed E-state index contributed by atoms with van der Waals surface area (Å²) < 4.78 is 0. The predicted molar refractivity (Wildman–Crippen MR) is 113 cm³/mol. The molecule has 2 aliphatic carbocycles. The zero-order valence-electron chi connectivity index (χ0n) is 16.2. The van der Waals surface area contributed by atoms with Crippen molar-refractivity contribution in [2.24, 2.45) is 5.92 Å². The monoisotopic (exact) mass is 391 g/mol. The summed E-state index contributed by atoms with van der Waals surface area (Å²) >= 11 is 0. The number of nitrogens with zero attached hydrogens (tertiary/aromatic N) is 1. The molecular formula is C22H25N5O2. The number of aromatic amines is 2. The molecule has 2 saturated carbocycles. The lowest BCUT2D eigenvalue weighted by molar-refractivity contribution is -0.123. The van der Waals surface area contributed by atoms with Crippen molar-refractivity contribution in [2.45, 2.75) is 50.6 Å². The summed E-state index contributed by atoms with van der Waals surface area (Å²) in [6.45, 7) is 0. The SMILES string of the molecule is O=C(NC1CCC(Nc2cc(-c3c[nH]c4ncccc34)cc(=O)[nH]2)CC1)C1CC1. The van der Waals surface area contributed by atoms with Crippen molar-refractivity contribution < 1.29 is 4.79 Å². The summed E-state index contributed by atoms with van der Waals surface area (Å²) in [6, 6.07) is 8.07. The van der Waals surface area contributed by atoms with Gasteiger partial charge in [0, 0.05) is 47.4 Å². The third-order valence-corrected chi connectivity index (χ3v) is 5.99. The molecule has 2 fully saturated rings. The predicted octanol–water partition coefficient (Wildman–Crippen LogP) is 3.17. The lowest BCUT2D eigenvalue weighted by atomic mass is 9.91. The van der Waals surface area contributed by atoms with E-state index in [1.54, 1.807) is 12.3 Å². The van der Waals surface area contributed by atoms with E-state index in [0.29, 0.717) is 6.04 Å². The number of anilines is 1. The molecule has 4 N–H and O–H groups in total. The van der Waals surface area contributed by atoms with Crippen molar-refractivity contribution in [3.8, 4) is 11.1 Å². The van der Waals surface area contributed by atoms with Crippen molar-refractivity contribution in [1.82, 2.24) is 20.3 Å².